The third-order valence-corrected chi connectivity index (χ3v) is 3.17. The van der Waals surface area contributed by atoms with Crippen molar-refractivity contribution in [1.82, 2.24) is 0 Å². The summed E-state index contributed by atoms with van der Waals surface area (Å²) in [4.78, 5) is 24.0. The number of aliphatic hydroxyl groups is 1. The highest BCUT2D eigenvalue weighted by Crippen LogP contribution is 2.46. The number of phenols is 3. The average Bonchev–Trinajstić information content (AvgIpc) is 2.41. The maximum absolute atomic E-state index is 12.1. The molecule has 0 saturated heterocycles. The number of carbonyl (C=O) groups is 2. The van der Waals surface area contributed by atoms with E-state index < -0.39 is 51.5 Å². The van der Waals surface area contributed by atoms with E-state index in [2.05, 4.69) is 4.74 Å². The lowest BCUT2D eigenvalue weighted by atomic mass is 9.87. The molecule has 2 rings (SSSR count). The summed E-state index contributed by atoms with van der Waals surface area (Å²) in [5, 5.41) is 39.2. The van der Waals surface area contributed by atoms with Crippen molar-refractivity contribution >= 4 is 11.6 Å². The molecule has 0 aliphatic heterocycles. The van der Waals surface area contributed by atoms with Crippen LogP contribution in [0.2, 0.25) is 0 Å². The summed E-state index contributed by atoms with van der Waals surface area (Å²) in [6, 6.07) is 0. The van der Waals surface area contributed by atoms with E-state index in [0.717, 1.165) is 7.11 Å². The number of aliphatic hydroxyl groups excluding tert-OH is 1. The molecule has 0 heterocycles. The molecule has 0 fully saturated rings. The number of methoxy groups -OCH3 is 1. The monoisotopic (exact) mass is 280 g/mol. The first-order valence-electron chi connectivity index (χ1n) is 5.73. The number of ketones is 2. The molecule has 0 radical (unpaired) electrons. The van der Waals surface area contributed by atoms with Gasteiger partial charge in [0.2, 0.25) is 23.1 Å². The summed E-state index contributed by atoms with van der Waals surface area (Å²) in [5.41, 5.74) is -1.20. The normalized spacial score (nSPS) is 14.5. The number of rotatable bonds is 2. The summed E-state index contributed by atoms with van der Waals surface area (Å²) in [5.74, 6) is -5.82. The van der Waals surface area contributed by atoms with Crippen LogP contribution in [0.25, 0.3) is 0 Å². The number of Topliss-reactive ketones (excluding diaryl/α,β-unsaturated/α-hetero) is 2. The summed E-state index contributed by atoms with van der Waals surface area (Å²) in [6.45, 7) is 1.58. The zero-order valence-corrected chi connectivity index (χ0v) is 10.7. The van der Waals surface area contributed by atoms with Crippen LogP contribution in [0.3, 0.4) is 0 Å². The summed E-state index contributed by atoms with van der Waals surface area (Å²) in [6.07, 6.45) is 0.123. The zero-order chi connectivity index (χ0) is 15.2. The molecule has 7 nitrogen and oxygen atoms in total. The second-order valence-corrected chi connectivity index (χ2v) is 4.17. The second kappa shape index (κ2) is 4.44. The molecule has 0 aromatic heterocycles. The molecule has 20 heavy (non-hydrogen) atoms. The number of benzene rings is 1. The van der Waals surface area contributed by atoms with Crippen molar-refractivity contribution in [1.29, 1.82) is 0 Å². The zero-order valence-electron chi connectivity index (χ0n) is 10.7. The Morgan fingerprint density at radius 1 is 0.900 bits per heavy atom. The lowest BCUT2D eigenvalue weighted by Crippen LogP contribution is -2.23. The van der Waals surface area contributed by atoms with Gasteiger partial charge in [-0.2, -0.15) is 0 Å². The third kappa shape index (κ3) is 1.52. The van der Waals surface area contributed by atoms with Crippen LogP contribution in [0.15, 0.2) is 11.5 Å². The molecule has 0 spiro atoms. The molecule has 0 saturated carbocycles. The van der Waals surface area contributed by atoms with Crippen molar-refractivity contribution in [3.05, 3.63) is 28.2 Å². The Balaban J connectivity index is 2.91. The molecule has 1 aromatic carbocycles. The SMILES string of the molecule is CCc1c(O)c(O)c2c(c1O)C(=O)C(OC)=C(O)C2=O. The molecule has 1 aromatic rings. The van der Waals surface area contributed by atoms with Gasteiger partial charge < -0.3 is 25.2 Å². The van der Waals surface area contributed by atoms with E-state index in [0.29, 0.717) is 0 Å². The van der Waals surface area contributed by atoms with E-state index in [9.17, 15) is 30.0 Å². The fourth-order valence-electron chi connectivity index (χ4n) is 2.17. The van der Waals surface area contributed by atoms with Crippen LogP contribution >= 0.6 is 0 Å². The van der Waals surface area contributed by atoms with Gasteiger partial charge in [-0.1, -0.05) is 6.92 Å². The smallest absolute Gasteiger partial charge is 0.236 e. The van der Waals surface area contributed by atoms with Gasteiger partial charge in [0.15, 0.2) is 11.5 Å². The van der Waals surface area contributed by atoms with Gasteiger partial charge in [0, 0.05) is 5.56 Å². The highest BCUT2D eigenvalue weighted by molar-refractivity contribution is 6.27. The predicted molar refractivity (Wildman–Crippen MR) is 66.1 cm³/mol. The first kappa shape index (κ1) is 13.7. The van der Waals surface area contributed by atoms with Crippen molar-refractivity contribution in [2.24, 2.45) is 0 Å². The molecule has 1 aliphatic carbocycles. The van der Waals surface area contributed by atoms with Gasteiger partial charge in [0.25, 0.3) is 0 Å². The van der Waals surface area contributed by atoms with Crippen LogP contribution in [0.4, 0.5) is 0 Å². The lowest BCUT2D eigenvalue weighted by molar-refractivity contribution is 0.0849. The van der Waals surface area contributed by atoms with Crippen molar-refractivity contribution in [3.8, 4) is 17.2 Å². The Hall–Kier alpha value is -2.70. The Bertz CT molecular complexity index is 670. The number of hydrogen-bond acceptors (Lipinski definition) is 7. The van der Waals surface area contributed by atoms with Crippen LogP contribution in [0.5, 0.6) is 17.2 Å². The predicted octanol–water partition coefficient (Wildman–Crippen LogP) is 1.16. The van der Waals surface area contributed by atoms with Crippen molar-refractivity contribution in [3.63, 3.8) is 0 Å². The summed E-state index contributed by atoms with van der Waals surface area (Å²) in [7, 11) is 1.08. The fraction of sp³-hybridized carbons (Fsp3) is 0.231. The topological polar surface area (TPSA) is 124 Å². The number of ether oxygens (including phenoxy) is 1. The molecule has 1 aliphatic rings. The van der Waals surface area contributed by atoms with Crippen LogP contribution in [0.1, 0.15) is 33.2 Å². The minimum atomic E-state index is -1.11. The van der Waals surface area contributed by atoms with Gasteiger partial charge in [-0.15, -0.1) is 0 Å². The fourth-order valence-corrected chi connectivity index (χ4v) is 2.17. The van der Waals surface area contributed by atoms with Crippen LogP contribution in [0, 0.1) is 0 Å². The number of aromatic hydroxyl groups is 3. The van der Waals surface area contributed by atoms with Crippen LogP contribution in [-0.2, 0) is 11.2 Å². The van der Waals surface area contributed by atoms with Gasteiger partial charge in [-0.3, -0.25) is 9.59 Å². The van der Waals surface area contributed by atoms with Crippen molar-refractivity contribution in [2.75, 3.05) is 7.11 Å². The quantitative estimate of drug-likeness (QED) is 0.473. The molecule has 0 unspecified atom stereocenters. The van der Waals surface area contributed by atoms with Gasteiger partial charge in [0.05, 0.1) is 18.2 Å². The minimum Gasteiger partial charge on any atom is -0.507 e. The van der Waals surface area contributed by atoms with Crippen LogP contribution in [-0.4, -0.2) is 39.1 Å². The summed E-state index contributed by atoms with van der Waals surface area (Å²) < 4.78 is 4.65. The molecular formula is C13H12O7. The second-order valence-electron chi connectivity index (χ2n) is 4.17. The van der Waals surface area contributed by atoms with Crippen molar-refractivity contribution in [2.45, 2.75) is 13.3 Å². The Morgan fingerprint density at radius 3 is 1.95 bits per heavy atom. The molecule has 0 atom stereocenters. The number of phenolic OH excluding ortho intramolecular Hbond substituents is 3. The van der Waals surface area contributed by atoms with Crippen LogP contribution < -0.4 is 0 Å². The highest BCUT2D eigenvalue weighted by atomic mass is 16.5. The van der Waals surface area contributed by atoms with E-state index in [4.69, 9.17) is 0 Å². The maximum atomic E-state index is 12.1. The minimum absolute atomic E-state index is 0.0701. The maximum Gasteiger partial charge on any atom is 0.236 e. The summed E-state index contributed by atoms with van der Waals surface area (Å²) >= 11 is 0. The molecule has 106 valence electrons. The standard InChI is InChI=1S/C13H12O7/c1-3-4-7(14)5-6(9(16)8(4)15)10(17)12(19)13(20-2)11(5)18/h14-16,19H,3H2,1-2H3. The Kier molecular flexibility index (Phi) is 3.05. The molecule has 0 bridgehead atoms. The first-order valence-corrected chi connectivity index (χ1v) is 5.73. The van der Waals surface area contributed by atoms with Gasteiger partial charge in [-0.05, 0) is 6.42 Å². The molecular weight excluding hydrogens is 268 g/mol. The third-order valence-electron chi connectivity index (χ3n) is 3.17. The number of carbonyl (C=O) groups excluding carboxylic acids is 2. The van der Waals surface area contributed by atoms with E-state index >= 15 is 0 Å². The largest absolute Gasteiger partial charge is 0.507 e. The van der Waals surface area contributed by atoms with Gasteiger partial charge in [-0.25, -0.2) is 0 Å². The van der Waals surface area contributed by atoms with E-state index in [1.165, 1.54) is 0 Å². The average molecular weight is 280 g/mol. The Morgan fingerprint density at radius 2 is 1.45 bits per heavy atom. The number of hydrogen-bond donors (Lipinski definition) is 4. The van der Waals surface area contributed by atoms with Gasteiger partial charge >= 0.3 is 0 Å². The van der Waals surface area contributed by atoms with E-state index in [-0.39, 0.29) is 12.0 Å². The highest BCUT2D eigenvalue weighted by Gasteiger charge is 2.40. The van der Waals surface area contributed by atoms with Crippen molar-refractivity contribution < 1.29 is 34.8 Å². The molecule has 0 amide bonds. The number of fused-ring (bicyclic) bond motifs is 1. The van der Waals surface area contributed by atoms with Gasteiger partial charge in [0.1, 0.15) is 5.75 Å². The number of allylic oxidation sites excluding steroid dienone is 2. The molecule has 4 N–H and O–H groups in total. The lowest BCUT2D eigenvalue weighted by Gasteiger charge is -2.21. The van der Waals surface area contributed by atoms with E-state index in [1.807, 2.05) is 0 Å². The molecule has 7 heteroatoms. The Labute approximate surface area is 113 Å². The first-order chi connectivity index (χ1) is 9.36. The van der Waals surface area contributed by atoms with E-state index in [1.54, 1.807) is 6.92 Å².